The summed E-state index contributed by atoms with van der Waals surface area (Å²) in [4.78, 5) is 0.171. The van der Waals surface area contributed by atoms with Crippen LogP contribution in [0.4, 0.5) is 0 Å². The Kier molecular flexibility index (Phi) is 5.55. The van der Waals surface area contributed by atoms with Gasteiger partial charge in [0.15, 0.2) is 0 Å². The topological polar surface area (TPSA) is 72.2 Å². The second kappa shape index (κ2) is 6.68. The van der Waals surface area contributed by atoms with Crippen molar-refractivity contribution in [3.63, 3.8) is 0 Å². The maximum absolute atomic E-state index is 12.6. The average molecular weight is 387 g/mol. The molecule has 0 saturated heterocycles. The van der Waals surface area contributed by atoms with Crippen LogP contribution in [0.5, 0.6) is 0 Å². The lowest BCUT2D eigenvalue weighted by molar-refractivity contribution is 0.441. The number of thiophene rings is 1. The second-order valence-corrected chi connectivity index (χ2v) is 9.53. The molecule has 2 rings (SSSR count). The molecule has 3 N–H and O–H groups in total. The zero-order chi connectivity index (χ0) is 15.7. The smallest absolute Gasteiger partial charge is 0.243 e. The number of rotatable bonds is 4. The van der Waals surface area contributed by atoms with Gasteiger partial charge >= 0.3 is 0 Å². The lowest BCUT2D eigenvalue weighted by Gasteiger charge is -2.32. The highest BCUT2D eigenvalue weighted by Crippen LogP contribution is 2.36. The molecule has 1 aliphatic rings. The Balaban J connectivity index is 2.36. The summed E-state index contributed by atoms with van der Waals surface area (Å²) in [5.41, 5.74) is 4.98. The molecule has 0 aromatic carbocycles. The lowest BCUT2D eigenvalue weighted by Crippen LogP contribution is -2.56. The first kappa shape index (κ1) is 17.4. The number of sulfonamides is 1. The molecule has 0 aliphatic heterocycles. The van der Waals surface area contributed by atoms with Crippen LogP contribution < -0.4 is 10.5 Å². The molecule has 0 spiro atoms. The third-order valence-corrected chi connectivity index (χ3v) is 7.35. The summed E-state index contributed by atoms with van der Waals surface area (Å²) in [5, 5.41) is 0. The lowest BCUT2D eigenvalue weighted by atomic mass is 9.91. The van der Waals surface area contributed by atoms with Crippen molar-refractivity contribution in [3.8, 4) is 0 Å². The van der Waals surface area contributed by atoms with Crippen molar-refractivity contribution in [1.29, 1.82) is 0 Å². The van der Waals surface area contributed by atoms with Crippen molar-refractivity contribution in [2.45, 2.75) is 49.0 Å². The minimum Gasteiger partial charge on any atom is -0.392 e. The third kappa shape index (κ3) is 3.89. The Morgan fingerprint density at radius 2 is 1.86 bits per heavy atom. The van der Waals surface area contributed by atoms with Crippen LogP contribution in [0.15, 0.2) is 11.0 Å². The van der Waals surface area contributed by atoms with Gasteiger partial charge in [0.25, 0.3) is 0 Å². The van der Waals surface area contributed by atoms with Crippen molar-refractivity contribution in [2.75, 3.05) is 0 Å². The van der Waals surface area contributed by atoms with Gasteiger partial charge < -0.3 is 5.73 Å². The molecule has 0 bridgehead atoms. The van der Waals surface area contributed by atoms with Crippen LogP contribution in [0.25, 0.3) is 0 Å². The number of hydrogen-bond acceptors (Lipinski definition) is 4. The van der Waals surface area contributed by atoms with Gasteiger partial charge in [0.1, 0.15) is 9.23 Å². The highest BCUT2D eigenvalue weighted by molar-refractivity contribution is 7.90. The molecule has 1 saturated carbocycles. The SMILES string of the molecule is NC(=S)C1(NS(=O)(=O)c2cc(Cl)sc2Cl)CCCCCC1. The molecule has 1 aromatic heterocycles. The average Bonchev–Trinajstić information content (AvgIpc) is 2.60. The van der Waals surface area contributed by atoms with E-state index in [9.17, 15) is 8.42 Å². The van der Waals surface area contributed by atoms with E-state index in [-0.39, 0.29) is 14.2 Å². The third-order valence-electron chi connectivity index (χ3n) is 3.67. The summed E-state index contributed by atoms with van der Waals surface area (Å²) >= 11 is 17.9. The van der Waals surface area contributed by atoms with E-state index >= 15 is 0 Å². The normalized spacial score (nSPS) is 19.1. The molecule has 9 heteroatoms. The highest BCUT2D eigenvalue weighted by Gasteiger charge is 2.39. The summed E-state index contributed by atoms with van der Waals surface area (Å²) in [7, 11) is -3.81. The van der Waals surface area contributed by atoms with Gasteiger partial charge in [-0.1, -0.05) is 61.1 Å². The van der Waals surface area contributed by atoms with Crippen molar-refractivity contribution < 1.29 is 8.42 Å². The van der Waals surface area contributed by atoms with E-state index in [1.807, 2.05) is 0 Å². The molecule has 1 aromatic rings. The van der Waals surface area contributed by atoms with E-state index < -0.39 is 15.6 Å². The van der Waals surface area contributed by atoms with Gasteiger partial charge in [-0.15, -0.1) is 11.3 Å². The fourth-order valence-electron chi connectivity index (χ4n) is 2.55. The molecular formula is C12H16Cl2N2O2S3. The molecule has 1 heterocycles. The Bertz CT molecular complexity index is 635. The Labute approximate surface area is 144 Å². The molecular weight excluding hydrogens is 371 g/mol. The zero-order valence-corrected chi connectivity index (χ0v) is 15.2. The Morgan fingerprint density at radius 3 is 2.29 bits per heavy atom. The summed E-state index contributed by atoms with van der Waals surface area (Å²) in [6, 6.07) is 1.35. The molecule has 1 fully saturated rings. The number of hydrogen-bond donors (Lipinski definition) is 2. The number of halogens is 2. The van der Waals surface area contributed by atoms with E-state index in [0.29, 0.717) is 17.2 Å². The minimum absolute atomic E-state index is 0.0148. The van der Waals surface area contributed by atoms with Crippen LogP contribution in [0.1, 0.15) is 38.5 Å². The van der Waals surface area contributed by atoms with Gasteiger partial charge in [0, 0.05) is 0 Å². The molecule has 0 amide bonds. The predicted molar refractivity (Wildman–Crippen MR) is 91.9 cm³/mol. The standard InChI is InChI=1S/C12H16Cl2N2O2S3/c13-9-7-8(10(14)20-9)21(17,18)16-12(11(15)19)5-3-1-2-4-6-12/h7,16H,1-6H2,(H2,15,19). The molecule has 0 unspecified atom stereocenters. The van der Waals surface area contributed by atoms with Gasteiger partial charge in [0.05, 0.1) is 14.9 Å². The van der Waals surface area contributed by atoms with Crippen LogP contribution in [-0.4, -0.2) is 18.9 Å². The fourth-order valence-corrected chi connectivity index (χ4v) is 6.46. The molecule has 21 heavy (non-hydrogen) atoms. The summed E-state index contributed by atoms with van der Waals surface area (Å²) in [6.45, 7) is 0. The van der Waals surface area contributed by atoms with Crippen LogP contribution in [0.2, 0.25) is 8.67 Å². The zero-order valence-electron chi connectivity index (χ0n) is 11.2. The summed E-state index contributed by atoms with van der Waals surface area (Å²) in [6.07, 6.45) is 5.10. The quantitative estimate of drug-likeness (QED) is 0.610. The maximum Gasteiger partial charge on any atom is 0.243 e. The maximum atomic E-state index is 12.6. The predicted octanol–water partition coefficient (Wildman–Crippen LogP) is 3.71. The molecule has 4 nitrogen and oxygen atoms in total. The van der Waals surface area contributed by atoms with Crippen molar-refractivity contribution in [1.82, 2.24) is 4.72 Å². The van der Waals surface area contributed by atoms with Crippen LogP contribution in [0, 0.1) is 0 Å². The summed E-state index contributed by atoms with van der Waals surface area (Å²) < 4.78 is 28.3. The molecule has 0 atom stereocenters. The second-order valence-electron chi connectivity index (χ2n) is 5.15. The van der Waals surface area contributed by atoms with Gasteiger partial charge in [0.2, 0.25) is 10.0 Å². The largest absolute Gasteiger partial charge is 0.392 e. The van der Waals surface area contributed by atoms with Gasteiger partial charge in [-0.2, -0.15) is 4.72 Å². The molecule has 1 aliphatic carbocycles. The monoisotopic (exact) mass is 386 g/mol. The fraction of sp³-hybridized carbons (Fsp3) is 0.583. The number of nitrogens with one attached hydrogen (secondary N) is 1. The van der Waals surface area contributed by atoms with Gasteiger partial charge in [-0.25, -0.2) is 8.42 Å². The van der Waals surface area contributed by atoms with E-state index in [2.05, 4.69) is 4.72 Å². The Morgan fingerprint density at radius 1 is 1.29 bits per heavy atom. The number of nitrogens with two attached hydrogens (primary N) is 1. The van der Waals surface area contributed by atoms with Gasteiger partial charge in [-0.05, 0) is 18.9 Å². The first-order valence-electron chi connectivity index (χ1n) is 6.56. The van der Waals surface area contributed by atoms with E-state index in [1.54, 1.807) is 0 Å². The van der Waals surface area contributed by atoms with E-state index in [4.69, 9.17) is 41.2 Å². The Hall–Kier alpha value is 0.0800. The number of thiocarbonyl (C=S) groups is 1. The van der Waals surface area contributed by atoms with Crippen molar-refractivity contribution in [3.05, 3.63) is 14.7 Å². The first-order chi connectivity index (χ1) is 9.77. The summed E-state index contributed by atoms with van der Waals surface area (Å²) in [5.74, 6) is 0. The van der Waals surface area contributed by atoms with E-state index in [0.717, 1.165) is 37.0 Å². The van der Waals surface area contributed by atoms with Crippen molar-refractivity contribution >= 4 is 61.8 Å². The molecule has 0 radical (unpaired) electrons. The van der Waals surface area contributed by atoms with Crippen molar-refractivity contribution in [2.24, 2.45) is 5.73 Å². The minimum atomic E-state index is -3.81. The highest BCUT2D eigenvalue weighted by atomic mass is 35.5. The molecule has 118 valence electrons. The first-order valence-corrected chi connectivity index (χ1v) is 10.0. The van der Waals surface area contributed by atoms with E-state index in [1.165, 1.54) is 6.07 Å². The van der Waals surface area contributed by atoms with Crippen LogP contribution in [-0.2, 0) is 10.0 Å². The van der Waals surface area contributed by atoms with Gasteiger partial charge in [-0.3, -0.25) is 0 Å². The van der Waals surface area contributed by atoms with Crippen LogP contribution in [0.3, 0.4) is 0 Å². The van der Waals surface area contributed by atoms with Crippen LogP contribution >= 0.6 is 46.8 Å².